The van der Waals surface area contributed by atoms with Gasteiger partial charge in [0.05, 0.1) is 8.07 Å². The molecule has 45 heavy (non-hydrogen) atoms. The summed E-state index contributed by atoms with van der Waals surface area (Å²) in [6, 6.07) is 33.5. The molecule has 3 nitrogen and oxygen atoms in total. The molecule has 3 heterocycles. The van der Waals surface area contributed by atoms with Crippen LogP contribution in [-0.4, -0.2) is 23.0 Å². The van der Waals surface area contributed by atoms with Gasteiger partial charge in [-0.2, -0.15) is 12.1 Å². The molecule has 0 unspecified atom stereocenters. The van der Waals surface area contributed by atoms with Gasteiger partial charge in [0.1, 0.15) is 0 Å². The number of hydrogen-bond donors (Lipinski definition) is 0. The van der Waals surface area contributed by atoms with Crippen LogP contribution in [0.25, 0.3) is 33.8 Å². The van der Waals surface area contributed by atoms with Crippen LogP contribution in [-0.2, 0) is 26.5 Å². The van der Waals surface area contributed by atoms with Crippen LogP contribution in [0.5, 0.6) is 0 Å². The van der Waals surface area contributed by atoms with Crippen LogP contribution in [0.1, 0.15) is 63.5 Å². The van der Waals surface area contributed by atoms with Gasteiger partial charge in [-0.3, -0.25) is 4.98 Å². The van der Waals surface area contributed by atoms with Gasteiger partial charge in [-0.05, 0) is 75.8 Å². The maximum absolute atomic E-state index is 4.75. The third kappa shape index (κ3) is 9.39. The Labute approximate surface area is 285 Å². The van der Waals surface area contributed by atoms with E-state index in [0.717, 1.165) is 29.1 Å². The summed E-state index contributed by atoms with van der Waals surface area (Å²) in [5.74, 6) is 0.659. The molecule has 0 amide bonds. The quantitative estimate of drug-likeness (QED) is 0.127. The van der Waals surface area contributed by atoms with Crippen LogP contribution in [0.3, 0.4) is 0 Å². The standard InChI is InChI=1S/C22H20N.C18H25N2Si.Ir/c1-3-9-17(10-4-1)20-15-22(19-13-5-2-6-14-19)23-16-21(20)18-11-7-8-12-18;1-18(2,3)12-14-11-16(15-9-7-8-10-19-15)20-13-17(14)21(4,5)6;/h1-6,9-10,13,15-16,18H,7-8,11-12H2;7-8,10-11,13H,12H2,1-6H3;/q2*-1;. The van der Waals surface area contributed by atoms with Crippen molar-refractivity contribution in [3.05, 3.63) is 121 Å². The van der Waals surface area contributed by atoms with Gasteiger partial charge < -0.3 is 9.97 Å². The molecule has 5 aromatic rings. The van der Waals surface area contributed by atoms with E-state index in [1.165, 1.54) is 53.1 Å². The fourth-order valence-corrected chi connectivity index (χ4v) is 7.66. The molecule has 5 heteroatoms. The van der Waals surface area contributed by atoms with Gasteiger partial charge >= 0.3 is 0 Å². The molecule has 1 aliphatic rings. The number of hydrogen-bond acceptors (Lipinski definition) is 3. The summed E-state index contributed by atoms with van der Waals surface area (Å²) in [5, 5.41) is 1.46. The molecule has 2 aromatic carbocycles. The summed E-state index contributed by atoms with van der Waals surface area (Å²) in [6.45, 7) is 14.0. The fraction of sp³-hybridized carbons (Fsp3) is 0.325. The van der Waals surface area contributed by atoms with E-state index in [9.17, 15) is 0 Å². The Balaban J connectivity index is 0.000000201. The van der Waals surface area contributed by atoms with E-state index in [1.807, 2.05) is 30.3 Å². The average molecular weight is 788 g/mol. The topological polar surface area (TPSA) is 38.7 Å². The zero-order valence-corrected chi connectivity index (χ0v) is 30.9. The van der Waals surface area contributed by atoms with Crippen molar-refractivity contribution in [3.63, 3.8) is 0 Å². The first kappa shape index (κ1) is 34.6. The van der Waals surface area contributed by atoms with Crippen molar-refractivity contribution >= 4 is 13.3 Å². The summed E-state index contributed by atoms with van der Waals surface area (Å²) >= 11 is 0. The first-order valence-corrected chi connectivity index (χ1v) is 19.4. The SMILES string of the molecule is CC(C)(C)Cc1cc(-c2[c-]cccn2)ncc1[Si](C)(C)C.[Ir].[c-]1ccccc1-c1cc(-c2ccccc2)c(C2CCCC2)cn1. The van der Waals surface area contributed by atoms with Gasteiger partial charge in [0.2, 0.25) is 0 Å². The Morgan fingerprint density at radius 2 is 1.47 bits per heavy atom. The van der Waals surface area contributed by atoms with E-state index in [0.29, 0.717) is 5.92 Å². The van der Waals surface area contributed by atoms with Crippen molar-refractivity contribution in [1.82, 2.24) is 15.0 Å². The van der Waals surface area contributed by atoms with E-state index in [4.69, 9.17) is 4.98 Å². The van der Waals surface area contributed by atoms with Crippen LogP contribution in [0.4, 0.5) is 0 Å². The number of benzene rings is 2. The third-order valence-corrected chi connectivity index (χ3v) is 10.2. The van der Waals surface area contributed by atoms with E-state index in [1.54, 1.807) is 6.20 Å². The first-order valence-electron chi connectivity index (χ1n) is 15.9. The predicted octanol–water partition coefficient (Wildman–Crippen LogP) is 9.95. The average Bonchev–Trinajstić information content (AvgIpc) is 3.56. The molecule has 0 N–H and O–H groups in total. The molecule has 0 saturated heterocycles. The van der Waals surface area contributed by atoms with E-state index >= 15 is 0 Å². The molecule has 0 bridgehead atoms. The molecule has 0 spiro atoms. The van der Waals surface area contributed by atoms with Crippen LogP contribution < -0.4 is 5.19 Å². The monoisotopic (exact) mass is 788 g/mol. The Bertz CT molecular complexity index is 1640. The van der Waals surface area contributed by atoms with Gasteiger partial charge in [-0.25, -0.2) is 0 Å². The van der Waals surface area contributed by atoms with Gasteiger partial charge in [0, 0.05) is 32.5 Å². The normalized spacial score (nSPS) is 13.5. The maximum atomic E-state index is 4.75. The third-order valence-electron chi connectivity index (χ3n) is 8.17. The zero-order valence-electron chi connectivity index (χ0n) is 27.5. The number of aromatic nitrogens is 3. The van der Waals surface area contributed by atoms with Crippen molar-refractivity contribution in [2.24, 2.45) is 5.41 Å². The summed E-state index contributed by atoms with van der Waals surface area (Å²) in [4.78, 5) is 13.8. The second kappa shape index (κ2) is 15.4. The van der Waals surface area contributed by atoms with Crippen molar-refractivity contribution in [2.45, 2.75) is 78.4 Å². The Kier molecular flexibility index (Phi) is 11.8. The van der Waals surface area contributed by atoms with Gasteiger partial charge in [-0.15, -0.1) is 42.0 Å². The number of nitrogens with zero attached hydrogens (tertiary/aromatic N) is 3. The van der Waals surface area contributed by atoms with Crippen molar-refractivity contribution in [2.75, 3.05) is 0 Å². The van der Waals surface area contributed by atoms with Gasteiger partial charge in [0.25, 0.3) is 0 Å². The molecule has 1 saturated carbocycles. The largest absolute Gasteiger partial charge is 0.318 e. The molecule has 3 aromatic heterocycles. The van der Waals surface area contributed by atoms with Crippen molar-refractivity contribution in [3.8, 4) is 33.8 Å². The molecule has 0 atom stereocenters. The molecular formula is C40H45IrN3Si-2. The fourth-order valence-electron chi connectivity index (χ4n) is 6.08. The van der Waals surface area contributed by atoms with E-state index < -0.39 is 8.07 Å². The van der Waals surface area contributed by atoms with Crippen LogP contribution in [0, 0.1) is 17.5 Å². The predicted molar refractivity (Wildman–Crippen MR) is 188 cm³/mol. The Hall–Kier alpha value is -3.24. The summed E-state index contributed by atoms with van der Waals surface area (Å²) < 4.78 is 0. The minimum Gasteiger partial charge on any atom is -0.318 e. The van der Waals surface area contributed by atoms with Gasteiger partial charge in [-0.1, -0.05) is 101 Å². The van der Waals surface area contributed by atoms with Crippen molar-refractivity contribution in [1.29, 1.82) is 0 Å². The minimum absolute atomic E-state index is 0. The minimum atomic E-state index is -1.39. The zero-order chi connectivity index (χ0) is 31.2. The van der Waals surface area contributed by atoms with E-state index in [2.05, 4.69) is 123 Å². The molecule has 6 rings (SSSR count). The Morgan fingerprint density at radius 1 is 0.778 bits per heavy atom. The molecule has 1 fully saturated rings. The molecule has 235 valence electrons. The molecular weight excluding hydrogens is 743 g/mol. The van der Waals surface area contributed by atoms with E-state index in [-0.39, 0.29) is 25.5 Å². The molecule has 1 aliphatic carbocycles. The summed E-state index contributed by atoms with van der Waals surface area (Å²) in [7, 11) is -1.39. The number of rotatable bonds is 6. The van der Waals surface area contributed by atoms with Gasteiger partial charge in [0.15, 0.2) is 0 Å². The smallest absolute Gasteiger partial charge is 0.0798 e. The van der Waals surface area contributed by atoms with Crippen LogP contribution >= 0.6 is 0 Å². The number of pyridine rings is 3. The first-order chi connectivity index (χ1) is 21.1. The second-order valence-electron chi connectivity index (χ2n) is 14.1. The van der Waals surface area contributed by atoms with Crippen LogP contribution in [0.15, 0.2) is 97.5 Å². The maximum Gasteiger partial charge on any atom is 0.0798 e. The van der Waals surface area contributed by atoms with Crippen molar-refractivity contribution < 1.29 is 20.1 Å². The second-order valence-corrected chi connectivity index (χ2v) is 19.2. The molecule has 0 aliphatic heterocycles. The molecule has 1 radical (unpaired) electrons. The Morgan fingerprint density at radius 3 is 2.09 bits per heavy atom. The van der Waals surface area contributed by atoms with Crippen LogP contribution in [0.2, 0.25) is 19.6 Å². The summed E-state index contributed by atoms with van der Waals surface area (Å²) in [6.07, 6.45) is 12.3. The summed E-state index contributed by atoms with van der Waals surface area (Å²) in [5.41, 5.74) is 9.54.